The molecule has 2 unspecified atom stereocenters. The van der Waals surface area contributed by atoms with Crippen LogP contribution >= 0.6 is 0 Å². The van der Waals surface area contributed by atoms with Crippen molar-refractivity contribution in [2.75, 3.05) is 69.3 Å². The lowest BCUT2D eigenvalue weighted by Gasteiger charge is -2.40. The average molecular weight is 683 g/mol. The van der Waals surface area contributed by atoms with E-state index in [0.29, 0.717) is 35.0 Å². The molecule has 0 saturated carbocycles. The highest BCUT2D eigenvalue weighted by Crippen LogP contribution is 2.47. The number of piperazine rings is 1. The van der Waals surface area contributed by atoms with Gasteiger partial charge >= 0.3 is 0 Å². The van der Waals surface area contributed by atoms with Gasteiger partial charge in [-0.25, -0.2) is 13.2 Å². The standard InChI is InChI=1S/C40H41F3N4O3/c1-44-23-28-18-29(4-6-31(28)40(44)49)46-16-14-45(15-17-46)22-25-10-12-47(13-11-25)37-9-3-27(20-36(37)43)39-32-7-5-30(48)21-38(32)50-24-33(39)26-2-8-34(41)35(42)19-26/h2-9,18-21,25,33,39,48H,10-17,22-24H2,1H3. The second-order valence-electron chi connectivity index (χ2n) is 14.2. The number of anilines is 2. The van der Waals surface area contributed by atoms with E-state index in [0.717, 1.165) is 81.4 Å². The molecule has 2 saturated heterocycles. The third kappa shape index (κ3) is 6.14. The highest BCUT2D eigenvalue weighted by atomic mass is 19.2. The molecule has 1 amide bonds. The molecule has 4 aromatic carbocycles. The van der Waals surface area contributed by atoms with Crippen LogP contribution in [-0.4, -0.2) is 80.3 Å². The number of fused-ring (bicyclic) bond motifs is 2. The zero-order valence-electron chi connectivity index (χ0n) is 28.1. The smallest absolute Gasteiger partial charge is 0.254 e. The normalized spacial score (nSPS) is 21.3. The number of aromatic hydroxyl groups is 1. The number of amides is 1. The number of carbonyl (C=O) groups excluding carboxylic acids is 1. The molecule has 4 heterocycles. The third-order valence-corrected chi connectivity index (χ3v) is 11.1. The van der Waals surface area contributed by atoms with Crippen molar-refractivity contribution >= 4 is 17.3 Å². The summed E-state index contributed by atoms with van der Waals surface area (Å²) in [5.41, 5.74) is 5.72. The van der Waals surface area contributed by atoms with Gasteiger partial charge in [0.2, 0.25) is 0 Å². The fourth-order valence-corrected chi connectivity index (χ4v) is 8.37. The molecule has 260 valence electrons. The number of hydrogen-bond acceptors (Lipinski definition) is 6. The van der Waals surface area contributed by atoms with Crippen LogP contribution in [0.5, 0.6) is 11.5 Å². The number of rotatable bonds is 6. The number of benzene rings is 4. The van der Waals surface area contributed by atoms with E-state index >= 15 is 4.39 Å². The molecule has 50 heavy (non-hydrogen) atoms. The van der Waals surface area contributed by atoms with Gasteiger partial charge in [0.15, 0.2) is 11.6 Å². The van der Waals surface area contributed by atoms with Crippen LogP contribution < -0.4 is 14.5 Å². The number of carbonyl (C=O) groups is 1. The molecule has 1 N–H and O–H groups in total. The number of phenols is 1. The molecule has 0 aromatic heterocycles. The Kier molecular flexibility index (Phi) is 8.59. The van der Waals surface area contributed by atoms with Crippen LogP contribution in [0.25, 0.3) is 0 Å². The Balaban J connectivity index is 0.905. The van der Waals surface area contributed by atoms with E-state index in [4.69, 9.17) is 4.74 Å². The zero-order chi connectivity index (χ0) is 34.5. The van der Waals surface area contributed by atoms with Crippen LogP contribution in [0.1, 0.15) is 57.3 Å². The number of ether oxygens (including phenoxy) is 1. The van der Waals surface area contributed by atoms with Crippen LogP contribution in [0, 0.1) is 23.4 Å². The molecule has 4 aliphatic heterocycles. The minimum absolute atomic E-state index is 0.0591. The number of phenolic OH excluding ortho intramolecular Hbond substituents is 1. The molecule has 2 fully saturated rings. The summed E-state index contributed by atoms with van der Waals surface area (Å²) in [5, 5.41) is 10.1. The fraction of sp³-hybridized carbons (Fsp3) is 0.375. The molecule has 2 atom stereocenters. The van der Waals surface area contributed by atoms with Crippen molar-refractivity contribution in [2.45, 2.75) is 31.2 Å². The number of piperidine rings is 1. The first kappa shape index (κ1) is 32.5. The molecule has 0 aliphatic carbocycles. The molecule has 10 heteroatoms. The van der Waals surface area contributed by atoms with Crippen LogP contribution in [0.3, 0.4) is 0 Å². The lowest BCUT2D eigenvalue weighted by Crippen LogP contribution is -2.49. The first-order valence-corrected chi connectivity index (χ1v) is 17.5. The molecule has 7 nitrogen and oxygen atoms in total. The topological polar surface area (TPSA) is 59.5 Å². The Morgan fingerprint density at radius 3 is 2.30 bits per heavy atom. The quantitative estimate of drug-likeness (QED) is 0.243. The minimum Gasteiger partial charge on any atom is -0.508 e. The van der Waals surface area contributed by atoms with E-state index in [1.807, 2.05) is 25.2 Å². The summed E-state index contributed by atoms with van der Waals surface area (Å²) in [6.07, 6.45) is 1.98. The minimum atomic E-state index is -0.937. The van der Waals surface area contributed by atoms with Gasteiger partial charge in [-0.05, 0) is 84.0 Å². The van der Waals surface area contributed by atoms with Crippen molar-refractivity contribution in [2.24, 2.45) is 5.92 Å². The van der Waals surface area contributed by atoms with E-state index in [9.17, 15) is 18.7 Å². The highest BCUT2D eigenvalue weighted by molar-refractivity contribution is 5.98. The molecule has 8 rings (SSSR count). The third-order valence-electron chi connectivity index (χ3n) is 11.1. The highest BCUT2D eigenvalue weighted by Gasteiger charge is 2.35. The predicted octanol–water partition coefficient (Wildman–Crippen LogP) is 6.74. The van der Waals surface area contributed by atoms with Gasteiger partial charge in [0.05, 0.1) is 12.3 Å². The summed E-state index contributed by atoms with van der Waals surface area (Å²) in [4.78, 5) is 21.1. The summed E-state index contributed by atoms with van der Waals surface area (Å²) >= 11 is 0. The average Bonchev–Trinajstić information content (AvgIpc) is 3.41. The Hall–Kier alpha value is -4.70. The molecule has 0 radical (unpaired) electrons. The summed E-state index contributed by atoms with van der Waals surface area (Å²) < 4.78 is 50.0. The number of hydrogen-bond donors (Lipinski definition) is 1. The van der Waals surface area contributed by atoms with Gasteiger partial charge in [0.1, 0.15) is 17.3 Å². The second-order valence-corrected chi connectivity index (χ2v) is 14.2. The van der Waals surface area contributed by atoms with Gasteiger partial charge in [-0.3, -0.25) is 9.69 Å². The Bertz CT molecular complexity index is 1920. The van der Waals surface area contributed by atoms with Gasteiger partial charge in [-0.2, -0.15) is 0 Å². The van der Waals surface area contributed by atoms with Crippen LogP contribution in [0.15, 0.2) is 72.8 Å². The summed E-state index contributed by atoms with van der Waals surface area (Å²) in [7, 11) is 1.84. The van der Waals surface area contributed by atoms with Crippen molar-refractivity contribution in [3.63, 3.8) is 0 Å². The summed E-state index contributed by atoms with van der Waals surface area (Å²) in [6.45, 7) is 7.33. The largest absolute Gasteiger partial charge is 0.508 e. The van der Waals surface area contributed by atoms with Gasteiger partial charge < -0.3 is 24.5 Å². The predicted molar refractivity (Wildman–Crippen MR) is 187 cm³/mol. The van der Waals surface area contributed by atoms with Gasteiger partial charge in [0.25, 0.3) is 5.91 Å². The maximum absolute atomic E-state index is 16.0. The van der Waals surface area contributed by atoms with Crippen LogP contribution in [0.4, 0.5) is 24.5 Å². The first-order valence-electron chi connectivity index (χ1n) is 17.5. The summed E-state index contributed by atoms with van der Waals surface area (Å²) in [6, 6.07) is 20.3. The maximum atomic E-state index is 16.0. The SMILES string of the molecule is CN1Cc2cc(N3CCN(CC4CCN(c5ccc(C6c7ccc(O)cc7OCC6c6ccc(F)c(F)c6)cc5F)CC4)CC3)ccc2C1=O. The first-order chi connectivity index (χ1) is 24.2. The molecule has 0 spiro atoms. The second kappa shape index (κ2) is 13.2. The van der Waals surface area contributed by atoms with Gasteiger partial charge in [-0.15, -0.1) is 0 Å². The maximum Gasteiger partial charge on any atom is 0.254 e. The fourth-order valence-electron chi connectivity index (χ4n) is 8.37. The van der Waals surface area contributed by atoms with Crippen LogP contribution in [-0.2, 0) is 6.54 Å². The molecular weight excluding hydrogens is 641 g/mol. The summed E-state index contributed by atoms with van der Waals surface area (Å²) in [5.74, 6) is -1.73. The van der Waals surface area contributed by atoms with E-state index < -0.39 is 11.6 Å². The van der Waals surface area contributed by atoms with Crippen molar-refractivity contribution in [1.29, 1.82) is 0 Å². The molecule has 4 aliphatic rings. The van der Waals surface area contributed by atoms with E-state index in [1.54, 1.807) is 29.2 Å². The van der Waals surface area contributed by atoms with Crippen LogP contribution in [0.2, 0.25) is 0 Å². The van der Waals surface area contributed by atoms with Crippen molar-refractivity contribution in [3.8, 4) is 11.5 Å². The van der Waals surface area contributed by atoms with Gasteiger partial charge in [0, 0.05) is 94.1 Å². The van der Waals surface area contributed by atoms with E-state index in [-0.39, 0.29) is 35.9 Å². The van der Waals surface area contributed by atoms with Crippen molar-refractivity contribution < 1.29 is 27.8 Å². The van der Waals surface area contributed by atoms with Gasteiger partial charge in [-0.1, -0.05) is 18.2 Å². The van der Waals surface area contributed by atoms with Crippen molar-refractivity contribution in [1.82, 2.24) is 9.80 Å². The zero-order valence-corrected chi connectivity index (χ0v) is 28.1. The molecule has 4 aromatic rings. The Morgan fingerprint density at radius 1 is 0.780 bits per heavy atom. The number of nitrogens with zero attached hydrogens (tertiary/aromatic N) is 4. The number of halogens is 3. The molecular formula is C40H41F3N4O3. The monoisotopic (exact) mass is 682 g/mol. The van der Waals surface area contributed by atoms with E-state index in [1.165, 1.54) is 17.8 Å². The van der Waals surface area contributed by atoms with Crippen molar-refractivity contribution in [3.05, 3.63) is 118 Å². The van der Waals surface area contributed by atoms with E-state index in [2.05, 4.69) is 26.8 Å². The Labute approximate surface area is 290 Å². The molecule has 0 bridgehead atoms. The lowest BCUT2D eigenvalue weighted by atomic mass is 9.75. The Morgan fingerprint density at radius 2 is 1.54 bits per heavy atom. The lowest BCUT2D eigenvalue weighted by molar-refractivity contribution is 0.0816.